The van der Waals surface area contributed by atoms with Gasteiger partial charge in [0.1, 0.15) is 30.0 Å². The minimum Gasteiger partial charge on any atom is -0.458 e. The van der Waals surface area contributed by atoms with E-state index in [2.05, 4.69) is 0 Å². The van der Waals surface area contributed by atoms with Gasteiger partial charge in [-0.05, 0) is 68.3 Å². The average molecular weight is 751 g/mol. The van der Waals surface area contributed by atoms with Gasteiger partial charge in [0.2, 0.25) is 0 Å². The Bertz CT molecular complexity index is 2110. The van der Waals surface area contributed by atoms with E-state index < -0.39 is 87.8 Å². The predicted molar refractivity (Wildman–Crippen MR) is 192 cm³/mol. The zero-order valence-corrected chi connectivity index (χ0v) is 31.1. The highest BCUT2D eigenvalue weighted by molar-refractivity contribution is 5.93. The molecule has 4 fully saturated rings. The Balaban J connectivity index is 1.38. The lowest BCUT2D eigenvalue weighted by molar-refractivity contribution is -0.380. The van der Waals surface area contributed by atoms with Crippen LogP contribution in [0.3, 0.4) is 0 Å². The summed E-state index contributed by atoms with van der Waals surface area (Å²) in [7, 11) is 0. The summed E-state index contributed by atoms with van der Waals surface area (Å²) in [6, 6.07) is 24.9. The third-order valence-electron chi connectivity index (χ3n) is 12.9. The van der Waals surface area contributed by atoms with Gasteiger partial charge in [0.05, 0.1) is 40.0 Å². The zero-order chi connectivity index (χ0) is 39.1. The molecular formula is C43H42O12. The molecule has 2 heterocycles. The summed E-state index contributed by atoms with van der Waals surface area (Å²) < 4.78 is 37.8. The SMILES string of the molecule is CC(=O)O[C@@]12CO[C@@H]1C[C@H](OC(=O)c1ccccc1)[C@]1(C)C2[C@H](OC(=O)c2ccccc2)[C@]23C[C@H](OC(=O)c4ccccc4)C(C)=C2[C@]1(O)C(=O)OC3(C)C. The summed E-state index contributed by atoms with van der Waals surface area (Å²) >= 11 is 0. The van der Waals surface area contributed by atoms with Gasteiger partial charge in [-0.2, -0.15) is 0 Å². The molecule has 2 aliphatic heterocycles. The number of carbonyl (C=O) groups excluding carboxylic acids is 5. The van der Waals surface area contributed by atoms with Crippen molar-refractivity contribution in [3.8, 4) is 0 Å². The monoisotopic (exact) mass is 750 g/mol. The minimum atomic E-state index is -2.59. The summed E-state index contributed by atoms with van der Waals surface area (Å²) in [6.07, 6.45) is -4.73. The normalized spacial score (nSPS) is 35.1. The number of hydrogen-bond acceptors (Lipinski definition) is 12. The van der Waals surface area contributed by atoms with Crippen molar-refractivity contribution >= 4 is 29.8 Å². The van der Waals surface area contributed by atoms with Gasteiger partial charge in [0.15, 0.2) is 11.2 Å². The maximum atomic E-state index is 14.8. The second-order valence-corrected chi connectivity index (χ2v) is 15.9. The number of fused-ring (bicyclic) bond motifs is 4. The summed E-state index contributed by atoms with van der Waals surface area (Å²) in [5.41, 5.74) is -7.93. The number of carbonyl (C=O) groups is 5. The van der Waals surface area contributed by atoms with E-state index in [0.29, 0.717) is 5.57 Å². The molecule has 1 N–H and O–H groups in total. The molecule has 2 saturated carbocycles. The van der Waals surface area contributed by atoms with E-state index in [0.717, 1.165) is 0 Å². The number of benzene rings is 3. The standard InChI is InChI=1S/C43H42O12/c1-24-29(51-35(45)26-15-9-6-10-16-26)22-41-32(24)43(49,38(48)55-39(41,3)4)40(5)30(52-36(46)27-17-11-7-12-18-27)21-31-42(23-50-31,54-25(2)44)33(40)34(41)53-37(47)28-19-13-8-14-20-28/h6-20,29-31,33-34,49H,21-23H2,1-5H3/t29-,30-,31+,33?,34-,40+,41-,42-,43-/m0/s1. The van der Waals surface area contributed by atoms with Gasteiger partial charge in [0, 0.05) is 19.8 Å². The number of ether oxygens (including phenoxy) is 6. The van der Waals surface area contributed by atoms with Crippen LogP contribution >= 0.6 is 0 Å². The predicted octanol–water partition coefficient (Wildman–Crippen LogP) is 5.18. The highest BCUT2D eigenvalue weighted by atomic mass is 16.6. The van der Waals surface area contributed by atoms with E-state index in [1.807, 2.05) is 0 Å². The van der Waals surface area contributed by atoms with Crippen molar-refractivity contribution in [1.82, 2.24) is 0 Å². The summed E-state index contributed by atoms with van der Waals surface area (Å²) in [5, 5.41) is 13.6. The lowest BCUT2D eigenvalue weighted by Gasteiger charge is -2.74. The molecule has 12 heteroatoms. The first kappa shape index (κ1) is 36.6. The van der Waals surface area contributed by atoms with Crippen LogP contribution in [0.4, 0.5) is 0 Å². The minimum absolute atomic E-state index is 0.0786. The van der Waals surface area contributed by atoms with Crippen molar-refractivity contribution in [2.45, 2.75) is 88.7 Å². The topological polar surface area (TPSA) is 161 Å². The van der Waals surface area contributed by atoms with Crippen molar-refractivity contribution < 1.29 is 57.5 Å². The van der Waals surface area contributed by atoms with Gasteiger partial charge in [-0.1, -0.05) is 61.5 Å². The van der Waals surface area contributed by atoms with E-state index in [-0.39, 0.29) is 41.7 Å². The summed E-state index contributed by atoms with van der Waals surface area (Å²) in [4.78, 5) is 69.8. The first-order valence-electron chi connectivity index (χ1n) is 18.4. The Labute approximate surface area is 317 Å². The number of aliphatic hydroxyl groups is 1. The lowest BCUT2D eigenvalue weighted by Crippen LogP contribution is -2.87. The van der Waals surface area contributed by atoms with Crippen molar-refractivity contribution in [3.05, 3.63) is 119 Å². The highest BCUT2D eigenvalue weighted by Gasteiger charge is 2.88. The largest absolute Gasteiger partial charge is 0.458 e. The summed E-state index contributed by atoms with van der Waals surface area (Å²) in [5.74, 6) is -5.06. The molecule has 0 aromatic heterocycles. The highest BCUT2D eigenvalue weighted by Crippen LogP contribution is 2.76. The van der Waals surface area contributed by atoms with Crippen molar-refractivity contribution in [2.75, 3.05) is 6.61 Å². The first-order chi connectivity index (χ1) is 26.1. The molecule has 3 aromatic carbocycles. The van der Waals surface area contributed by atoms with Crippen LogP contribution in [0.25, 0.3) is 0 Å². The van der Waals surface area contributed by atoms with Crippen molar-refractivity contribution in [3.63, 3.8) is 0 Å². The van der Waals surface area contributed by atoms with Crippen molar-refractivity contribution in [2.24, 2.45) is 16.7 Å². The first-order valence-corrected chi connectivity index (χ1v) is 18.4. The summed E-state index contributed by atoms with van der Waals surface area (Å²) in [6.45, 7) is 7.65. The van der Waals surface area contributed by atoms with E-state index in [1.165, 1.54) is 6.92 Å². The molecule has 3 aromatic rings. The van der Waals surface area contributed by atoms with Gasteiger partial charge in [-0.3, -0.25) is 4.79 Å². The molecule has 0 amide bonds. The molecule has 5 aliphatic rings. The van der Waals surface area contributed by atoms with Gasteiger partial charge >= 0.3 is 29.8 Å². The molecule has 2 bridgehead atoms. The van der Waals surface area contributed by atoms with Gasteiger partial charge < -0.3 is 33.5 Å². The molecule has 0 radical (unpaired) electrons. The van der Waals surface area contributed by atoms with Crippen LogP contribution in [0.5, 0.6) is 0 Å². The Morgan fingerprint density at radius 1 is 0.764 bits per heavy atom. The molecule has 3 aliphatic carbocycles. The number of hydrogen-bond donors (Lipinski definition) is 1. The molecular weight excluding hydrogens is 708 g/mol. The van der Waals surface area contributed by atoms with E-state index in [4.69, 9.17) is 28.4 Å². The Kier molecular flexibility index (Phi) is 8.40. The van der Waals surface area contributed by atoms with Crippen LogP contribution in [0.15, 0.2) is 102 Å². The number of esters is 5. The van der Waals surface area contributed by atoms with Crippen LogP contribution in [0.1, 0.15) is 78.5 Å². The molecule has 8 rings (SSSR count). The molecule has 0 spiro atoms. The third-order valence-corrected chi connectivity index (χ3v) is 12.9. The van der Waals surface area contributed by atoms with Gasteiger partial charge in [0.25, 0.3) is 0 Å². The fraction of sp³-hybridized carbons (Fsp3) is 0.419. The number of cyclic esters (lactones) is 1. The van der Waals surface area contributed by atoms with Gasteiger partial charge in [-0.25, -0.2) is 19.2 Å². The molecule has 9 atom stereocenters. The zero-order valence-electron chi connectivity index (χ0n) is 31.1. The van der Waals surface area contributed by atoms with Crippen LogP contribution < -0.4 is 0 Å². The maximum absolute atomic E-state index is 14.8. The van der Waals surface area contributed by atoms with E-state index in [9.17, 15) is 29.1 Å². The Morgan fingerprint density at radius 2 is 1.27 bits per heavy atom. The van der Waals surface area contributed by atoms with Gasteiger partial charge in [-0.15, -0.1) is 0 Å². The average Bonchev–Trinajstić information content (AvgIpc) is 3.47. The molecule has 2 saturated heterocycles. The lowest BCUT2D eigenvalue weighted by atomic mass is 9.37. The Morgan fingerprint density at radius 3 is 1.76 bits per heavy atom. The maximum Gasteiger partial charge on any atom is 0.343 e. The van der Waals surface area contributed by atoms with Crippen LogP contribution in [0, 0.1) is 16.7 Å². The molecule has 12 nitrogen and oxygen atoms in total. The van der Waals surface area contributed by atoms with E-state index in [1.54, 1.807) is 119 Å². The second kappa shape index (κ2) is 12.6. The van der Waals surface area contributed by atoms with Crippen molar-refractivity contribution in [1.29, 1.82) is 0 Å². The van der Waals surface area contributed by atoms with Crippen LogP contribution in [0.2, 0.25) is 0 Å². The third kappa shape index (κ3) is 5.00. The second-order valence-electron chi connectivity index (χ2n) is 15.9. The number of rotatable bonds is 7. The quantitative estimate of drug-likeness (QED) is 0.192. The molecule has 286 valence electrons. The van der Waals surface area contributed by atoms with Crippen LogP contribution in [-0.4, -0.2) is 82.8 Å². The Hall–Kier alpha value is -5.33. The fourth-order valence-corrected chi connectivity index (χ4v) is 10.4. The molecule has 1 unspecified atom stereocenters. The molecule has 55 heavy (non-hydrogen) atoms. The van der Waals surface area contributed by atoms with E-state index >= 15 is 0 Å². The smallest absolute Gasteiger partial charge is 0.343 e. The van der Waals surface area contributed by atoms with Crippen LogP contribution in [-0.2, 0) is 38.0 Å². The fourth-order valence-electron chi connectivity index (χ4n) is 10.4.